The van der Waals surface area contributed by atoms with Crippen LogP contribution >= 0.6 is 0 Å². The van der Waals surface area contributed by atoms with Crippen LogP contribution < -0.4 is 0 Å². The van der Waals surface area contributed by atoms with Gasteiger partial charge >= 0.3 is 5.91 Å². The zero-order valence-electron chi connectivity index (χ0n) is 8.39. The van der Waals surface area contributed by atoms with Crippen LogP contribution in [0.1, 0.15) is 16.1 Å². The summed E-state index contributed by atoms with van der Waals surface area (Å²) in [5.41, 5.74) is 2.01. The quantitative estimate of drug-likeness (QED) is 0.663. The van der Waals surface area contributed by atoms with E-state index in [9.17, 15) is 9.70 Å². The van der Waals surface area contributed by atoms with Gasteiger partial charge in [-0.05, 0) is 18.6 Å². The summed E-state index contributed by atoms with van der Waals surface area (Å²) in [6.45, 7) is 1.95. The molecule has 2 aromatic rings. The van der Waals surface area contributed by atoms with Gasteiger partial charge in [0.25, 0.3) is 0 Å². The molecule has 5 heteroatoms. The van der Waals surface area contributed by atoms with Crippen molar-refractivity contribution in [2.24, 2.45) is 12.2 Å². The van der Waals surface area contributed by atoms with E-state index >= 15 is 0 Å². The van der Waals surface area contributed by atoms with Gasteiger partial charge in [0.15, 0.2) is 5.69 Å². The van der Waals surface area contributed by atoms with Gasteiger partial charge in [0.05, 0.1) is 5.52 Å². The summed E-state index contributed by atoms with van der Waals surface area (Å²) in [6, 6.07) is 5.55. The number of aryl methyl sites for hydroxylation is 2. The lowest BCUT2D eigenvalue weighted by atomic mass is 10.1. The van der Waals surface area contributed by atoms with Crippen molar-refractivity contribution in [2.45, 2.75) is 6.92 Å². The number of rotatable bonds is 1. The summed E-state index contributed by atoms with van der Waals surface area (Å²) < 4.78 is 1.57. The highest BCUT2D eigenvalue weighted by atomic mass is 16.3. The molecule has 0 saturated heterocycles. The maximum atomic E-state index is 11.2. The maximum absolute atomic E-state index is 11.2. The largest absolute Gasteiger partial charge is 0.337 e. The summed E-state index contributed by atoms with van der Waals surface area (Å²) in [7, 11) is 1.73. The van der Waals surface area contributed by atoms with Gasteiger partial charge in [-0.15, -0.1) is 4.91 Å². The first-order valence-corrected chi connectivity index (χ1v) is 4.44. The number of aromatic nitrogens is 2. The first-order valence-electron chi connectivity index (χ1n) is 4.44. The second-order valence-electron chi connectivity index (χ2n) is 3.39. The number of hydrogen-bond donors (Lipinski definition) is 0. The van der Waals surface area contributed by atoms with Crippen molar-refractivity contribution in [1.29, 1.82) is 0 Å². The van der Waals surface area contributed by atoms with Gasteiger partial charge in [-0.3, -0.25) is 9.48 Å². The molecular weight excluding hydrogens is 194 g/mol. The molecule has 0 spiro atoms. The summed E-state index contributed by atoms with van der Waals surface area (Å²) in [5.74, 6) is -0.829. The highest BCUT2D eigenvalue weighted by Crippen LogP contribution is 2.19. The Morgan fingerprint density at radius 2 is 2.20 bits per heavy atom. The van der Waals surface area contributed by atoms with Gasteiger partial charge in [0, 0.05) is 17.6 Å². The van der Waals surface area contributed by atoms with E-state index in [1.807, 2.05) is 19.1 Å². The Kier molecular flexibility index (Phi) is 2.07. The first kappa shape index (κ1) is 9.51. The Balaban J connectivity index is 2.78. The van der Waals surface area contributed by atoms with Gasteiger partial charge in [0.1, 0.15) is 0 Å². The molecule has 0 aliphatic rings. The number of hydrogen-bond acceptors (Lipinski definition) is 3. The number of fused-ring (bicyclic) bond motifs is 1. The molecule has 0 radical (unpaired) electrons. The van der Waals surface area contributed by atoms with Gasteiger partial charge in [-0.1, -0.05) is 12.1 Å². The molecule has 0 fully saturated rings. The zero-order chi connectivity index (χ0) is 11.0. The summed E-state index contributed by atoms with van der Waals surface area (Å²) in [4.78, 5) is 21.3. The maximum Gasteiger partial charge on any atom is 0.337 e. The number of benzene rings is 1. The molecule has 1 aromatic heterocycles. The van der Waals surface area contributed by atoms with Crippen molar-refractivity contribution in [1.82, 2.24) is 9.78 Å². The lowest BCUT2D eigenvalue weighted by Gasteiger charge is -1.94. The molecule has 0 atom stereocenters. The van der Waals surface area contributed by atoms with E-state index in [0.717, 1.165) is 11.1 Å². The average Bonchev–Trinajstić information content (AvgIpc) is 2.55. The van der Waals surface area contributed by atoms with E-state index in [4.69, 9.17) is 0 Å². The SMILES string of the molecule is Cc1ccc2c(C(=O)N=O)nn(C)c2c1. The normalized spacial score (nSPS) is 10.5. The molecule has 1 heterocycles. The molecule has 5 nitrogen and oxygen atoms in total. The third kappa shape index (κ3) is 1.41. The first-order chi connectivity index (χ1) is 7.13. The topological polar surface area (TPSA) is 64.3 Å². The minimum atomic E-state index is -0.829. The number of amides is 1. The van der Waals surface area contributed by atoms with Crippen LogP contribution in [-0.4, -0.2) is 15.7 Å². The summed E-state index contributed by atoms with van der Waals surface area (Å²) in [6.07, 6.45) is 0. The van der Waals surface area contributed by atoms with Crippen LogP contribution in [0.25, 0.3) is 10.9 Å². The van der Waals surface area contributed by atoms with Gasteiger partial charge in [-0.25, -0.2) is 0 Å². The minimum absolute atomic E-state index is 0.113. The zero-order valence-corrected chi connectivity index (χ0v) is 8.39. The van der Waals surface area contributed by atoms with Crippen LogP contribution in [0.3, 0.4) is 0 Å². The van der Waals surface area contributed by atoms with E-state index in [2.05, 4.69) is 10.3 Å². The van der Waals surface area contributed by atoms with Crippen molar-refractivity contribution in [3.63, 3.8) is 0 Å². The van der Waals surface area contributed by atoms with E-state index in [0.29, 0.717) is 5.39 Å². The van der Waals surface area contributed by atoms with E-state index < -0.39 is 5.91 Å². The van der Waals surface area contributed by atoms with Crippen LogP contribution in [0.15, 0.2) is 23.4 Å². The Morgan fingerprint density at radius 1 is 1.47 bits per heavy atom. The fourth-order valence-electron chi connectivity index (χ4n) is 1.57. The highest BCUT2D eigenvalue weighted by molar-refractivity contribution is 6.05. The van der Waals surface area contributed by atoms with Crippen LogP contribution in [0.2, 0.25) is 0 Å². The van der Waals surface area contributed by atoms with Crippen molar-refractivity contribution in [3.8, 4) is 0 Å². The monoisotopic (exact) mass is 203 g/mol. The van der Waals surface area contributed by atoms with Crippen molar-refractivity contribution < 1.29 is 4.79 Å². The second-order valence-corrected chi connectivity index (χ2v) is 3.39. The standard InChI is InChI=1S/C10H9N3O2/c1-6-3-4-7-8(5-6)13(2)11-9(7)10(14)12-15/h3-5H,1-2H3. The number of carbonyl (C=O) groups excluding carboxylic acids is 1. The van der Waals surface area contributed by atoms with Crippen molar-refractivity contribution in [2.75, 3.05) is 0 Å². The predicted octanol–water partition coefficient (Wildman–Crippen LogP) is 1.79. The molecular formula is C10H9N3O2. The van der Waals surface area contributed by atoms with Gasteiger partial charge in [-0.2, -0.15) is 5.10 Å². The molecule has 0 aliphatic carbocycles. The van der Waals surface area contributed by atoms with Crippen LogP contribution in [0.5, 0.6) is 0 Å². The lowest BCUT2D eigenvalue weighted by molar-refractivity contribution is 0.0997. The number of nitrogens with zero attached hydrogens (tertiary/aromatic N) is 3. The van der Waals surface area contributed by atoms with Crippen LogP contribution in [0.4, 0.5) is 0 Å². The molecule has 2 rings (SSSR count). The molecule has 0 bridgehead atoms. The fourth-order valence-corrected chi connectivity index (χ4v) is 1.57. The molecule has 1 aromatic carbocycles. The van der Waals surface area contributed by atoms with E-state index in [1.165, 1.54) is 0 Å². The van der Waals surface area contributed by atoms with Crippen molar-refractivity contribution >= 4 is 16.8 Å². The minimum Gasteiger partial charge on any atom is -0.267 e. The molecule has 0 N–H and O–H groups in total. The third-order valence-electron chi connectivity index (χ3n) is 2.29. The Labute approximate surface area is 85.7 Å². The van der Waals surface area contributed by atoms with Crippen LogP contribution in [0, 0.1) is 11.8 Å². The Bertz CT molecular complexity index is 557. The van der Waals surface area contributed by atoms with Crippen molar-refractivity contribution in [3.05, 3.63) is 34.4 Å². The molecule has 15 heavy (non-hydrogen) atoms. The van der Waals surface area contributed by atoms with E-state index in [-0.39, 0.29) is 5.69 Å². The third-order valence-corrected chi connectivity index (χ3v) is 2.29. The summed E-state index contributed by atoms with van der Waals surface area (Å²) in [5, 5.41) is 7.01. The Morgan fingerprint density at radius 3 is 2.87 bits per heavy atom. The molecule has 76 valence electrons. The molecule has 0 aliphatic heterocycles. The van der Waals surface area contributed by atoms with Gasteiger partial charge in [0.2, 0.25) is 0 Å². The lowest BCUT2D eigenvalue weighted by Crippen LogP contribution is -1.97. The second kappa shape index (κ2) is 3.27. The molecule has 0 saturated carbocycles. The fraction of sp³-hybridized carbons (Fsp3) is 0.200. The highest BCUT2D eigenvalue weighted by Gasteiger charge is 2.16. The Hall–Kier alpha value is -2.04. The number of carbonyl (C=O) groups is 1. The van der Waals surface area contributed by atoms with Gasteiger partial charge < -0.3 is 0 Å². The predicted molar refractivity (Wildman–Crippen MR) is 55.6 cm³/mol. The molecule has 0 unspecified atom stereocenters. The van der Waals surface area contributed by atoms with Crippen LogP contribution in [-0.2, 0) is 7.05 Å². The summed E-state index contributed by atoms with van der Waals surface area (Å²) >= 11 is 0. The van der Waals surface area contributed by atoms with E-state index in [1.54, 1.807) is 17.8 Å². The molecule has 1 amide bonds. The number of nitroso groups, excluding NO2 is 1. The average molecular weight is 203 g/mol. The smallest absolute Gasteiger partial charge is 0.267 e.